The number of hydrogen-bond acceptors (Lipinski definition) is 3. The molecule has 0 N–H and O–H groups in total. The van der Waals surface area contributed by atoms with Crippen LogP contribution in [0.15, 0.2) is 83.9 Å². The van der Waals surface area contributed by atoms with Gasteiger partial charge in [0.05, 0.1) is 16.0 Å². The van der Waals surface area contributed by atoms with E-state index in [1.165, 1.54) is 34.4 Å². The van der Waals surface area contributed by atoms with E-state index in [1.807, 2.05) is 0 Å². The third-order valence-corrected chi connectivity index (χ3v) is 6.07. The standard InChI is InChI=1S/C21H13FN2O2S/c22-20-13-16(9-10-17(20)14-23)19-8-4-5-15-11-12-24(21(15)19)27(25,26)18-6-2-1-3-7-18/h1-13H. The summed E-state index contributed by atoms with van der Waals surface area (Å²) >= 11 is 0. The Kier molecular flexibility index (Phi) is 4.02. The first-order chi connectivity index (χ1) is 13.0. The van der Waals surface area contributed by atoms with Crippen molar-refractivity contribution in [2.45, 2.75) is 4.90 Å². The zero-order valence-corrected chi connectivity index (χ0v) is 14.8. The summed E-state index contributed by atoms with van der Waals surface area (Å²) in [4.78, 5) is 0.170. The van der Waals surface area contributed by atoms with Gasteiger partial charge >= 0.3 is 0 Å². The summed E-state index contributed by atoms with van der Waals surface area (Å²) in [5, 5.41) is 9.64. The fourth-order valence-corrected chi connectivity index (χ4v) is 4.47. The number of para-hydroxylation sites is 1. The maximum atomic E-state index is 14.1. The molecule has 0 unspecified atom stereocenters. The molecule has 4 rings (SSSR count). The second-order valence-electron chi connectivity index (χ2n) is 5.98. The molecule has 0 aliphatic rings. The van der Waals surface area contributed by atoms with Crippen LogP contribution in [0.25, 0.3) is 22.0 Å². The van der Waals surface area contributed by atoms with Gasteiger partial charge in [-0.25, -0.2) is 16.8 Å². The zero-order valence-electron chi connectivity index (χ0n) is 14.0. The Morgan fingerprint density at radius 2 is 1.70 bits per heavy atom. The van der Waals surface area contributed by atoms with Gasteiger partial charge in [-0.05, 0) is 35.9 Å². The summed E-state index contributed by atoms with van der Waals surface area (Å²) in [6.45, 7) is 0. The van der Waals surface area contributed by atoms with E-state index in [0.29, 0.717) is 16.6 Å². The van der Waals surface area contributed by atoms with Crippen molar-refractivity contribution in [1.29, 1.82) is 5.26 Å². The first-order valence-corrected chi connectivity index (χ1v) is 9.57. The van der Waals surface area contributed by atoms with E-state index in [1.54, 1.807) is 54.6 Å². The first kappa shape index (κ1) is 17.0. The Morgan fingerprint density at radius 1 is 0.926 bits per heavy atom. The molecule has 1 aromatic heterocycles. The van der Waals surface area contributed by atoms with Crippen LogP contribution in [0.1, 0.15) is 5.56 Å². The Labute approximate surface area is 155 Å². The van der Waals surface area contributed by atoms with Gasteiger partial charge in [0, 0.05) is 17.1 Å². The van der Waals surface area contributed by atoms with Gasteiger partial charge in [-0.1, -0.05) is 42.5 Å². The van der Waals surface area contributed by atoms with Crippen LogP contribution in [0.2, 0.25) is 0 Å². The molecule has 0 radical (unpaired) electrons. The van der Waals surface area contributed by atoms with E-state index < -0.39 is 15.8 Å². The SMILES string of the molecule is N#Cc1ccc(-c2cccc3ccn(S(=O)(=O)c4ccccc4)c23)cc1F. The summed E-state index contributed by atoms with van der Waals surface area (Å²) in [6.07, 6.45) is 1.50. The molecular formula is C21H13FN2O2S. The van der Waals surface area contributed by atoms with Crippen LogP contribution in [-0.2, 0) is 10.0 Å². The van der Waals surface area contributed by atoms with Gasteiger partial charge in [0.2, 0.25) is 0 Å². The van der Waals surface area contributed by atoms with Crippen LogP contribution in [0.4, 0.5) is 4.39 Å². The van der Waals surface area contributed by atoms with Crippen LogP contribution >= 0.6 is 0 Å². The number of hydrogen-bond donors (Lipinski definition) is 0. The molecule has 0 aliphatic heterocycles. The van der Waals surface area contributed by atoms with Gasteiger partial charge in [-0.2, -0.15) is 5.26 Å². The largest absolute Gasteiger partial charge is 0.268 e. The van der Waals surface area contributed by atoms with Crippen LogP contribution in [0, 0.1) is 17.1 Å². The average Bonchev–Trinajstić information content (AvgIpc) is 3.13. The lowest BCUT2D eigenvalue weighted by atomic mass is 10.0. The second kappa shape index (κ2) is 6.38. The van der Waals surface area contributed by atoms with E-state index in [4.69, 9.17) is 5.26 Å². The molecule has 132 valence electrons. The minimum atomic E-state index is -3.81. The highest BCUT2D eigenvalue weighted by atomic mass is 32.2. The summed E-state index contributed by atoms with van der Waals surface area (Å²) in [6, 6.07) is 21.2. The molecule has 0 aliphatic carbocycles. The molecule has 0 atom stereocenters. The highest BCUT2D eigenvalue weighted by molar-refractivity contribution is 7.90. The van der Waals surface area contributed by atoms with Crippen molar-refractivity contribution < 1.29 is 12.8 Å². The smallest absolute Gasteiger partial charge is 0.241 e. The third kappa shape index (κ3) is 2.78. The first-order valence-electron chi connectivity index (χ1n) is 8.13. The minimum Gasteiger partial charge on any atom is -0.241 e. The molecule has 0 bridgehead atoms. The maximum Gasteiger partial charge on any atom is 0.268 e. The molecule has 4 aromatic rings. The van der Waals surface area contributed by atoms with E-state index in [0.717, 1.165) is 5.39 Å². The van der Waals surface area contributed by atoms with Crippen molar-refractivity contribution in [3.05, 3.63) is 90.4 Å². The second-order valence-corrected chi connectivity index (χ2v) is 7.79. The van der Waals surface area contributed by atoms with Crippen molar-refractivity contribution in [2.24, 2.45) is 0 Å². The lowest BCUT2D eigenvalue weighted by Crippen LogP contribution is -2.12. The predicted molar refractivity (Wildman–Crippen MR) is 101 cm³/mol. The molecule has 4 nitrogen and oxygen atoms in total. The predicted octanol–water partition coefficient (Wildman–Crippen LogP) is 4.56. The van der Waals surface area contributed by atoms with Crippen molar-refractivity contribution in [3.63, 3.8) is 0 Å². The third-order valence-electron chi connectivity index (χ3n) is 4.38. The molecule has 0 fully saturated rings. The number of nitrogens with zero attached hydrogens (tertiary/aromatic N) is 2. The summed E-state index contributed by atoms with van der Waals surface area (Å²) in [7, 11) is -3.81. The van der Waals surface area contributed by atoms with E-state index in [9.17, 15) is 12.8 Å². The Bertz CT molecular complexity index is 1300. The molecule has 0 spiro atoms. The molecular weight excluding hydrogens is 363 g/mol. The van der Waals surface area contributed by atoms with Crippen molar-refractivity contribution in [2.75, 3.05) is 0 Å². The van der Waals surface area contributed by atoms with Gasteiger partial charge in [-0.3, -0.25) is 0 Å². The lowest BCUT2D eigenvalue weighted by molar-refractivity contribution is 0.589. The molecule has 6 heteroatoms. The van der Waals surface area contributed by atoms with Crippen LogP contribution < -0.4 is 0 Å². The molecule has 27 heavy (non-hydrogen) atoms. The molecule has 0 saturated heterocycles. The summed E-state index contributed by atoms with van der Waals surface area (Å²) in [5.41, 5.74) is 1.48. The van der Waals surface area contributed by atoms with Crippen molar-refractivity contribution in [1.82, 2.24) is 3.97 Å². The van der Waals surface area contributed by atoms with Gasteiger partial charge < -0.3 is 0 Å². The minimum absolute atomic E-state index is 0.0572. The maximum absolute atomic E-state index is 14.1. The Balaban J connectivity index is 1.99. The number of rotatable bonds is 3. The highest BCUT2D eigenvalue weighted by Crippen LogP contribution is 2.32. The molecule has 1 heterocycles. The number of halogens is 1. The quantitative estimate of drug-likeness (QED) is 0.527. The van der Waals surface area contributed by atoms with Crippen molar-refractivity contribution >= 4 is 20.9 Å². The summed E-state index contributed by atoms with van der Waals surface area (Å²) < 4.78 is 41.5. The Hall–Kier alpha value is -3.43. The van der Waals surface area contributed by atoms with E-state index in [-0.39, 0.29) is 10.5 Å². The lowest BCUT2D eigenvalue weighted by Gasteiger charge is -2.11. The van der Waals surface area contributed by atoms with Gasteiger partial charge in [-0.15, -0.1) is 0 Å². The fourth-order valence-electron chi connectivity index (χ4n) is 3.08. The van der Waals surface area contributed by atoms with Crippen LogP contribution in [0.3, 0.4) is 0 Å². The van der Waals surface area contributed by atoms with Gasteiger partial charge in [0.25, 0.3) is 10.0 Å². The normalized spacial score (nSPS) is 11.4. The van der Waals surface area contributed by atoms with Crippen LogP contribution in [-0.4, -0.2) is 12.4 Å². The van der Waals surface area contributed by atoms with Gasteiger partial charge in [0.15, 0.2) is 0 Å². The summed E-state index contributed by atoms with van der Waals surface area (Å²) in [5.74, 6) is -0.643. The fraction of sp³-hybridized carbons (Fsp3) is 0. The van der Waals surface area contributed by atoms with E-state index in [2.05, 4.69) is 0 Å². The molecule has 3 aromatic carbocycles. The molecule has 0 saturated carbocycles. The van der Waals surface area contributed by atoms with Crippen LogP contribution in [0.5, 0.6) is 0 Å². The number of aromatic nitrogens is 1. The highest BCUT2D eigenvalue weighted by Gasteiger charge is 2.21. The zero-order chi connectivity index (χ0) is 19.0. The average molecular weight is 376 g/mol. The van der Waals surface area contributed by atoms with Crippen molar-refractivity contribution in [3.8, 4) is 17.2 Å². The number of nitriles is 1. The topological polar surface area (TPSA) is 62.9 Å². The monoisotopic (exact) mass is 376 g/mol. The van der Waals surface area contributed by atoms with E-state index >= 15 is 0 Å². The number of benzene rings is 3. The number of fused-ring (bicyclic) bond motifs is 1. The molecule has 0 amide bonds. The van der Waals surface area contributed by atoms with Gasteiger partial charge in [0.1, 0.15) is 11.9 Å². The Morgan fingerprint density at radius 3 is 2.41 bits per heavy atom.